The van der Waals surface area contributed by atoms with Gasteiger partial charge in [0.2, 0.25) is 0 Å². The molecule has 1 unspecified atom stereocenters. The van der Waals surface area contributed by atoms with E-state index in [1.807, 2.05) is 5.51 Å². The molecule has 1 atom stereocenters. The average molecular weight is 251 g/mol. The fourth-order valence-electron chi connectivity index (χ4n) is 3.06. The molecule has 2 aliphatic heterocycles. The molecule has 4 heteroatoms. The van der Waals surface area contributed by atoms with Crippen molar-refractivity contribution in [3.8, 4) is 0 Å². The SMILES string of the molecule is c1nc(CCN2CCN3CCCCC3C2)cs1. The van der Waals surface area contributed by atoms with E-state index in [4.69, 9.17) is 0 Å². The van der Waals surface area contributed by atoms with E-state index in [1.165, 1.54) is 57.7 Å². The van der Waals surface area contributed by atoms with Crippen LogP contribution in [0.5, 0.6) is 0 Å². The van der Waals surface area contributed by atoms with Crippen molar-refractivity contribution in [1.82, 2.24) is 14.8 Å². The van der Waals surface area contributed by atoms with Gasteiger partial charge in [-0.3, -0.25) is 4.90 Å². The first-order valence-electron chi connectivity index (χ1n) is 6.75. The summed E-state index contributed by atoms with van der Waals surface area (Å²) in [4.78, 5) is 9.69. The van der Waals surface area contributed by atoms with Crippen molar-refractivity contribution in [2.24, 2.45) is 0 Å². The van der Waals surface area contributed by atoms with Crippen LogP contribution in [0.4, 0.5) is 0 Å². The summed E-state index contributed by atoms with van der Waals surface area (Å²) < 4.78 is 0. The highest BCUT2D eigenvalue weighted by atomic mass is 32.1. The van der Waals surface area contributed by atoms with Gasteiger partial charge >= 0.3 is 0 Å². The first-order valence-corrected chi connectivity index (χ1v) is 7.69. The third kappa shape index (κ3) is 2.87. The lowest BCUT2D eigenvalue weighted by Crippen LogP contribution is -2.55. The van der Waals surface area contributed by atoms with Gasteiger partial charge in [0.25, 0.3) is 0 Å². The molecule has 94 valence electrons. The average Bonchev–Trinajstić information content (AvgIpc) is 2.89. The van der Waals surface area contributed by atoms with Crippen LogP contribution in [-0.4, -0.2) is 53.5 Å². The number of hydrogen-bond donors (Lipinski definition) is 0. The molecule has 0 radical (unpaired) electrons. The fraction of sp³-hybridized carbons (Fsp3) is 0.769. The zero-order valence-corrected chi connectivity index (χ0v) is 11.2. The van der Waals surface area contributed by atoms with E-state index in [2.05, 4.69) is 20.2 Å². The van der Waals surface area contributed by atoms with Gasteiger partial charge in [0.1, 0.15) is 0 Å². The Morgan fingerprint density at radius 2 is 2.29 bits per heavy atom. The van der Waals surface area contributed by atoms with Crippen molar-refractivity contribution in [2.75, 3.05) is 32.7 Å². The second kappa shape index (κ2) is 5.46. The molecule has 3 nitrogen and oxygen atoms in total. The summed E-state index contributed by atoms with van der Waals surface area (Å²) in [6.45, 7) is 6.34. The van der Waals surface area contributed by atoms with E-state index >= 15 is 0 Å². The fourth-order valence-corrected chi connectivity index (χ4v) is 3.65. The molecular weight excluding hydrogens is 230 g/mol. The molecule has 0 spiro atoms. The molecule has 3 heterocycles. The first-order chi connectivity index (χ1) is 8.42. The number of hydrogen-bond acceptors (Lipinski definition) is 4. The standard InChI is InChI=1S/C13H21N3S/c1-2-5-16-8-7-15(9-13(16)3-1)6-4-12-10-17-11-14-12/h10-11,13H,1-9H2. The van der Waals surface area contributed by atoms with Crippen molar-refractivity contribution in [3.05, 3.63) is 16.6 Å². The highest BCUT2D eigenvalue weighted by Gasteiger charge is 2.28. The molecule has 1 aromatic rings. The molecule has 0 amide bonds. The van der Waals surface area contributed by atoms with Gasteiger partial charge in [-0.25, -0.2) is 4.98 Å². The van der Waals surface area contributed by atoms with Crippen LogP contribution in [0.1, 0.15) is 25.0 Å². The van der Waals surface area contributed by atoms with Gasteiger partial charge in [0, 0.05) is 44.0 Å². The molecule has 17 heavy (non-hydrogen) atoms. The van der Waals surface area contributed by atoms with Gasteiger partial charge in [-0.1, -0.05) is 6.42 Å². The van der Waals surface area contributed by atoms with Gasteiger partial charge < -0.3 is 4.90 Å². The monoisotopic (exact) mass is 251 g/mol. The highest BCUT2D eigenvalue weighted by Crippen LogP contribution is 2.21. The summed E-state index contributed by atoms with van der Waals surface area (Å²) in [5.41, 5.74) is 3.20. The van der Waals surface area contributed by atoms with Crippen molar-refractivity contribution in [1.29, 1.82) is 0 Å². The van der Waals surface area contributed by atoms with Gasteiger partial charge in [-0.15, -0.1) is 11.3 Å². The minimum Gasteiger partial charge on any atom is -0.300 e. The number of rotatable bonds is 3. The molecule has 2 saturated heterocycles. The van der Waals surface area contributed by atoms with E-state index in [0.29, 0.717) is 0 Å². The first kappa shape index (κ1) is 11.6. The minimum atomic E-state index is 0.841. The second-order valence-corrected chi connectivity index (χ2v) is 5.93. The molecule has 0 bridgehead atoms. The molecule has 2 aliphatic rings. The number of piperazine rings is 1. The largest absolute Gasteiger partial charge is 0.300 e. The van der Waals surface area contributed by atoms with Crippen molar-refractivity contribution < 1.29 is 0 Å². The van der Waals surface area contributed by atoms with Crippen molar-refractivity contribution in [2.45, 2.75) is 31.7 Å². The van der Waals surface area contributed by atoms with Crippen LogP contribution in [0.2, 0.25) is 0 Å². The zero-order chi connectivity index (χ0) is 11.5. The Labute approximate surface area is 107 Å². The lowest BCUT2D eigenvalue weighted by atomic mass is 9.99. The summed E-state index contributed by atoms with van der Waals surface area (Å²) in [6.07, 6.45) is 5.37. The maximum absolute atomic E-state index is 4.36. The van der Waals surface area contributed by atoms with Crippen molar-refractivity contribution >= 4 is 11.3 Å². The minimum absolute atomic E-state index is 0.841. The van der Waals surface area contributed by atoms with E-state index in [-0.39, 0.29) is 0 Å². The molecular formula is C13H21N3S. The topological polar surface area (TPSA) is 19.4 Å². The summed E-state index contributed by atoms with van der Waals surface area (Å²) in [5, 5.41) is 2.18. The maximum atomic E-state index is 4.36. The predicted octanol–water partition coefficient (Wildman–Crippen LogP) is 1.86. The Morgan fingerprint density at radius 3 is 3.18 bits per heavy atom. The van der Waals surface area contributed by atoms with E-state index < -0.39 is 0 Å². The molecule has 0 aromatic carbocycles. The van der Waals surface area contributed by atoms with Crippen LogP contribution in [0, 0.1) is 0 Å². The lowest BCUT2D eigenvalue weighted by Gasteiger charge is -2.44. The van der Waals surface area contributed by atoms with Crippen LogP contribution in [0.15, 0.2) is 10.9 Å². The summed E-state index contributed by atoms with van der Waals surface area (Å²) in [6, 6.07) is 0.841. The number of piperidine rings is 1. The molecule has 2 fully saturated rings. The molecule has 0 N–H and O–H groups in total. The van der Waals surface area contributed by atoms with E-state index in [1.54, 1.807) is 11.3 Å². The number of nitrogens with zero attached hydrogens (tertiary/aromatic N) is 3. The Balaban J connectivity index is 1.48. The second-order valence-electron chi connectivity index (χ2n) is 5.22. The lowest BCUT2D eigenvalue weighted by molar-refractivity contribution is 0.0499. The predicted molar refractivity (Wildman–Crippen MR) is 71.5 cm³/mol. The van der Waals surface area contributed by atoms with Crippen LogP contribution >= 0.6 is 11.3 Å². The van der Waals surface area contributed by atoms with Crippen molar-refractivity contribution in [3.63, 3.8) is 0 Å². The van der Waals surface area contributed by atoms with Crippen LogP contribution in [-0.2, 0) is 6.42 Å². The molecule has 0 saturated carbocycles. The van der Waals surface area contributed by atoms with E-state index in [0.717, 1.165) is 12.5 Å². The van der Waals surface area contributed by atoms with Crippen LogP contribution in [0.3, 0.4) is 0 Å². The summed E-state index contributed by atoms with van der Waals surface area (Å²) in [5.74, 6) is 0. The Hall–Kier alpha value is -0.450. The Bertz CT molecular complexity index is 338. The van der Waals surface area contributed by atoms with Gasteiger partial charge in [0.05, 0.1) is 11.2 Å². The van der Waals surface area contributed by atoms with Crippen LogP contribution < -0.4 is 0 Å². The number of fused-ring (bicyclic) bond motifs is 1. The van der Waals surface area contributed by atoms with E-state index in [9.17, 15) is 0 Å². The molecule has 3 rings (SSSR count). The smallest absolute Gasteiger partial charge is 0.0794 e. The quantitative estimate of drug-likeness (QED) is 0.817. The molecule has 1 aromatic heterocycles. The highest BCUT2D eigenvalue weighted by molar-refractivity contribution is 7.07. The van der Waals surface area contributed by atoms with Gasteiger partial charge in [-0.2, -0.15) is 0 Å². The summed E-state index contributed by atoms with van der Waals surface area (Å²) >= 11 is 1.71. The number of aromatic nitrogens is 1. The molecule has 0 aliphatic carbocycles. The number of thiazole rings is 1. The third-order valence-electron chi connectivity index (χ3n) is 4.09. The normalized spacial score (nSPS) is 26.9. The maximum Gasteiger partial charge on any atom is 0.0794 e. The zero-order valence-electron chi connectivity index (χ0n) is 10.3. The Morgan fingerprint density at radius 1 is 1.29 bits per heavy atom. The van der Waals surface area contributed by atoms with Gasteiger partial charge in [-0.05, 0) is 19.4 Å². The summed E-state index contributed by atoms with van der Waals surface area (Å²) in [7, 11) is 0. The third-order valence-corrected chi connectivity index (χ3v) is 4.72. The van der Waals surface area contributed by atoms with Crippen LogP contribution in [0.25, 0.3) is 0 Å². The van der Waals surface area contributed by atoms with Gasteiger partial charge in [0.15, 0.2) is 0 Å². The Kier molecular flexibility index (Phi) is 3.74.